The molecule has 1 fully saturated rings. The van der Waals surface area contributed by atoms with Crippen molar-refractivity contribution in [3.63, 3.8) is 0 Å². The highest BCUT2D eigenvalue weighted by atomic mass is 19.1. The third-order valence-corrected chi connectivity index (χ3v) is 6.88. The van der Waals surface area contributed by atoms with Gasteiger partial charge in [-0.15, -0.1) is 0 Å². The quantitative estimate of drug-likeness (QED) is 0.388. The zero-order valence-corrected chi connectivity index (χ0v) is 18.0. The molecule has 4 aromatic rings. The molecule has 3 nitrogen and oxygen atoms in total. The lowest BCUT2D eigenvalue weighted by atomic mass is 10.0. The third-order valence-electron chi connectivity index (χ3n) is 6.88. The average molecular weight is 424 g/mol. The standard InChI is InChI=1S/C28H26FN3/c29-23-13-11-20(12-14-23)18-31-19-22-16-21-6-1-2-8-25(21)30-26(22)17-24-7-5-15-32(24)28-10-4-3-9-27(28)31/h1-4,6,8-14,16,24H,5,7,15,17-19H2. The summed E-state index contributed by atoms with van der Waals surface area (Å²) < 4.78 is 13.5. The van der Waals surface area contributed by atoms with E-state index in [2.05, 4.69) is 64.4 Å². The highest BCUT2D eigenvalue weighted by Gasteiger charge is 2.30. The highest BCUT2D eigenvalue weighted by Crippen LogP contribution is 2.39. The van der Waals surface area contributed by atoms with Crippen LogP contribution in [0.15, 0.2) is 78.9 Å². The highest BCUT2D eigenvalue weighted by molar-refractivity contribution is 5.80. The second-order valence-corrected chi connectivity index (χ2v) is 8.95. The predicted molar refractivity (Wildman–Crippen MR) is 129 cm³/mol. The van der Waals surface area contributed by atoms with Crippen molar-refractivity contribution >= 4 is 22.3 Å². The Hall–Kier alpha value is -3.40. The first-order valence-electron chi connectivity index (χ1n) is 11.5. The fraction of sp³-hybridized carbons (Fsp3) is 0.250. The van der Waals surface area contributed by atoms with Crippen molar-refractivity contribution in [1.29, 1.82) is 0 Å². The summed E-state index contributed by atoms with van der Waals surface area (Å²) in [6.45, 7) is 2.58. The van der Waals surface area contributed by atoms with E-state index in [0.29, 0.717) is 6.04 Å². The summed E-state index contributed by atoms with van der Waals surface area (Å²) in [5, 5.41) is 1.18. The summed E-state index contributed by atoms with van der Waals surface area (Å²) in [6, 6.07) is 26.8. The van der Waals surface area contributed by atoms with Gasteiger partial charge in [-0.25, -0.2) is 4.39 Å². The molecule has 0 bridgehead atoms. The van der Waals surface area contributed by atoms with Gasteiger partial charge in [0.15, 0.2) is 0 Å². The number of nitrogens with zero attached hydrogens (tertiary/aromatic N) is 3. The Balaban J connectivity index is 1.51. The molecule has 0 amide bonds. The molecule has 1 unspecified atom stereocenters. The number of anilines is 2. The van der Waals surface area contributed by atoms with Crippen molar-refractivity contribution in [3.8, 4) is 0 Å². The number of pyridine rings is 1. The van der Waals surface area contributed by atoms with Crippen molar-refractivity contribution in [1.82, 2.24) is 4.98 Å². The van der Waals surface area contributed by atoms with E-state index >= 15 is 0 Å². The fourth-order valence-electron chi connectivity index (χ4n) is 5.32. The average Bonchev–Trinajstić information content (AvgIpc) is 3.29. The van der Waals surface area contributed by atoms with Crippen LogP contribution in [0.25, 0.3) is 10.9 Å². The molecule has 1 aromatic heterocycles. The largest absolute Gasteiger partial charge is 0.366 e. The van der Waals surface area contributed by atoms with E-state index in [0.717, 1.165) is 37.1 Å². The molecule has 3 aromatic carbocycles. The van der Waals surface area contributed by atoms with E-state index in [1.807, 2.05) is 12.1 Å². The van der Waals surface area contributed by atoms with Crippen LogP contribution in [-0.4, -0.2) is 17.6 Å². The minimum atomic E-state index is -0.195. The first-order chi connectivity index (χ1) is 15.7. The van der Waals surface area contributed by atoms with Gasteiger partial charge in [-0.2, -0.15) is 0 Å². The van der Waals surface area contributed by atoms with E-state index in [1.54, 1.807) is 12.1 Å². The van der Waals surface area contributed by atoms with Gasteiger partial charge in [-0.05, 0) is 60.4 Å². The molecule has 3 heterocycles. The Kier molecular flexibility index (Phi) is 4.79. The zero-order chi connectivity index (χ0) is 21.5. The molecule has 1 saturated heterocycles. The third kappa shape index (κ3) is 3.50. The first-order valence-corrected chi connectivity index (χ1v) is 11.5. The van der Waals surface area contributed by atoms with E-state index in [1.165, 1.54) is 40.9 Å². The lowest BCUT2D eigenvalue weighted by Gasteiger charge is -2.32. The SMILES string of the molecule is Fc1ccc(CN2Cc3cc4ccccc4nc3CC3CCCN3c3ccccc32)cc1. The van der Waals surface area contributed by atoms with Crippen molar-refractivity contribution in [2.45, 2.75) is 38.4 Å². The monoisotopic (exact) mass is 423 g/mol. The van der Waals surface area contributed by atoms with Crippen LogP contribution in [0.5, 0.6) is 0 Å². The van der Waals surface area contributed by atoms with Gasteiger partial charge in [0.25, 0.3) is 0 Å². The normalized spacial score (nSPS) is 17.8. The van der Waals surface area contributed by atoms with Gasteiger partial charge < -0.3 is 9.80 Å². The van der Waals surface area contributed by atoms with Crippen molar-refractivity contribution in [3.05, 3.63) is 102 Å². The second kappa shape index (κ2) is 7.94. The molecular formula is C28H26FN3. The fourth-order valence-corrected chi connectivity index (χ4v) is 5.32. The Bertz CT molecular complexity index is 1270. The molecule has 2 aliphatic heterocycles. The Labute approximate surface area is 188 Å². The molecular weight excluding hydrogens is 397 g/mol. The van der Waals surface area contributed by atoms with Gasteiger partial charge in [0.1, 0.15) is 5.82 Å². The summed E-state index contributed by atoms with van der Waals surface area (Å²) in [4.78, 5) is 10.1. The summed E-state index contributed by atoms with van der Waals surface area (Å²) in [5.74, 6) is -0.195. The van der Waals surface area contributed by atoms with Crippen LogP contribution < -0.4 is 9.80 Å². The maximum atomic E-state index is 13.5. The van der Waals surface area contributed by atoms with E-state index < -0.39 is 0 Å². The summed E-state index contributed by atoms with van der Waals surface area (Å²) in [7, 11) is 0. The smallest absolute Gasteiger partial charge is 0.123 e. The van der Waals surface area contributed by atoms with E-state index in [-0.39, 0.29) is 5.82 Å². The predicted octanol–water partition coefficient (Wildman–Crippen LogP) is 6.11. The minimum absolute atomic E-state index is 0.195. The maximum Gasteiger partial charge on any atom is 0.123 e. The van der Waals surface area contributed by atoms with Crippen molar-refractivity contribution < 1.29 is 4.39 Å². The van der Waals surface area contributed by atoms with Gasteiger partial charge in [-0.1, -0.05) is 42.5 Å². The van der Waals surface area contributed by atoms with Gasteiger partial charge in [0.2, 0.25) is 0 Å². The van der Waals surface area contributed by atoms with Crippen LogP contribution in [0, 0.1) is 5.82 Å². The summed E-state index contributed by atoms with van der Waals surface area (Å²) in [6.07, 6.45) is 3.37. The zero-order valence-electron chi connectivity index (χ0n) is 18.0. The number of benzene rings is 3. The van der Waals surface area contributed by atoms with Crippen LogP contribution in [0.1, 0.15) is 29.7 Å². The minimum Gasteiger partial charge on any atom is -0.366 e. The molecule has 0 saturated carbocycles. The van der Waals surface area contributed by atoms with Gasteiger partial charge in [-0.3, -0.25) is 4.98 Å². The van der Waals surface area contributed by atoms with Crippen LogP contribution in [0.3, 0.4) is 0 Å². The van der Waals surface area contributed by atoms with Gasteiger partial charge in [0.05, 0.1) is 16.9 Å². The van der Waals surface area contributed by atoms with E-state index in [4.69, 9.17) is 4.98 Å². The molecule has 160 valence electrons. The number of rotatable bonds is 2. The maximum absolute atomic E-state index is 13.5. The van der Waals surface area contributed by atoms with E-state index in [9.17, 15) is 4.39 Å². The number of para-hydroxylation sites is 3. The molecule has 1 atom stereocenters. The molecule has 4 heteroatoms. The Morgan fingerprint density at radius 3 is 2.56 bits per heavy atom. The van der Waals surface area contributed by atoms with Crippen molar-refractivity contribution in [2.24, 2.45) is 0 Å². The molecule has 0 spiro atoms. The number of fused-ring (bicyclic) bond motifs is 5. The number of aromatic nitrogens is 1. The molecule has 0 N–H and O–H groups in total. The number of hydrogen-bond acceptors (Lipinski definition) is 3. The van der Waals surface area contributed by atoms with Gasteiger partial charge in [0, 0.05) is 43.2 Å². The van der Waals surface area contributed by atoms with Crippen LogP contribution in [0.2, 0.25) is 0 Å². The Morgan fingerprint density at radius 2 is 1.69 bits per heavy atom. The molecule has 2 aliphatic rings. The van der Waals surface area contributed by atoms with Gasteiger partial charge >= 0.3 is 0 Å². The van der Waals surface area contributed by atoms with Crippen LogP contribution in [0.4, 0.5) is 15.8 Å². The second-order valence-electron chi connectivity index (χ2n) is 8.95. The summed E-state index contributed by atoms with van der Waals surface area (Å²) >= 11 is 0. The lowest BCUT2D eigenvalue weighted by Crippen LogP contribution is -2.32. The van der Waals surface area contributed by atoms with Crippen LogP contribution in [-0.2, 0) is 19.5 Å². The molecule has 32 heavy (non-hydrogen) atoms. The molecule has 6 rings (SSSR count). The summed E-state index contributed by atoms with van der Waals surface area (Å²) in [5.41, 5.74) is 7.21. The molecule has 0 radical (unpaired) electrons. The Morgan fingerprint density at radius 1 is 0.906 bits per heavy atom. The number of hydrogen-bond donors (Lipinski definition) is 0. The lowest BCUT2D eigenvalue weighted by molar-refractivity contribution is 0.626. The molecule has 0 aliphatic carbocycles. The first kappa shape index (κ1) is 19.3. The number of halogens is 1. The van der Waals surface area contributed by atoms with Crippen molar-refractivity contribution in [2.75, 3.05) is 16.3 Å². The van der Waals surface area contributed by atoms with Crippen LogP contribution >= 0.6 is 0 Å². The topological polar surface area (TPSA) is 19.4 Å².